The Morgan fingerprint density at radius 2 is 1.91 bits per heavy atom. The number of ether oxygens (including phenoxy) is 1. The van der Waals surface area contributed by atoms with Gasteiger partial charge in [-0.1, -0.05) is 12.1 Å². The second kappa shape index (κ2) is 6.79. The van der Waals surface area contributed by atoms with Crippen molar-refractivity contribution < 1.29 is 4.74 Å². The Labute approximate surface area is 136 Å². The Morgan fingerprint density at radius 1 is 1.13 bits per heavy atom. The van der Waals surface area contributed by atoms with Crippen LogP contribution < -0.4 is 4.74 Å². The van der Waals surface area contributed by atoms with E-state index in [1.54, 1.807) is 7.11 Å². The SMILES string of the molecule is COc1ccc(Cc2nc3cccnc3n2CCN(C)C)cc1. The van der Waals surface area contributed by atoms with E-state index in [-0.39, 0.29) is 0 Å². The van der Waals surface area contributed by atoms with Crippen LogP contribution in [-0.2, 0) is 13.0 Å². The number of nitrogens with zero attached hydrogens (tertiary/aromatic N) is 4. The van der Waals surface area contributed by atoms with Crippen LogP contribution in [0, 0.1) is 0 Å². The first-order valence-corrected chi connectivity index (χ1v) is 7.75. The standard InChI is InChI=1S/C18H22N4O/c1-21(2)11-12-22-17(20-16-5-4-10-19-18(16)22)13-14-6-8-15(23-3)9-7-14/h4-10H,11-13H2,1-3H3. The van der Waals surface area contributed by atoms with Gasteiger partial charge in [-0.25, -0.2) is 9.97 Å². The first-order chi connectivity index (χ1) is 11.2. The number of rotatable bonds is 6. The van der Waals surface area contributed by atoms with Gasteiger partial charge >= 0.3 is 0 Å². The minimum atomic E-state index is 0.785. The van der Waals surface area contributed by atoms with Crippen molar-refractivity contribution in [2.75, 3.05) is 27.7 Å². The number of fused-ring (bicyclic) bond motifs is 1. The molecule has 0 radical (unpaired) electrons. The summed E-state index contributed by atoms with van der Waals surface area (Å²) >= 11 is 0. The summed E-state index contributed by atoms with van der Waals surface area (Å²) in [6.07, 6.45) is 2.61. The third kappa shape index (κ3) is 3.51. The van der Waals surface area contributed by atoms with Crippen LogP contribution in [0.3, 0.4) is 0 Å². The summed E-state index contributed by atoms with van der Waals surface area (Å²) in [6, 6.07) is 12.1. The van der Waals surface area contributed by atoms with Gasteiger partial charge in [0, 0.05) is 25.7 Å². The van der Waals surface area contributed by atoms with Gasteiger partial charge in [-0.2, -0.15) is 0 Å². The Morgan fingerprint density at radius 3 is 2.61 bits per heavy atom. The molecule has 0 N–H and O–H groups in total. The van der Waals surface area contributed by atoms with E-state index in [0.717, 1.165) is 42.2 Å². The second-order valence-electron chi connectivity index (χ2n) is 5.85. The van der Waals surface area contributed by atoms with Gasteiger partial charge in [-0.05, 0) is 43.9 Å². The lowest BCUT2D eigenvalue weighted by Gasteiger charge is -2.13. The number of hydrogen-bond donors (Lipinski definition) is 0. The predicted molar refractivity (Wildman–Crippen MR) is 91.9 cm³/mol. The maximum Gasteiger partial charge on any atom is 0.160 e. The lowest BCUT2D eigenvalue weighted by atomic mass is 10.1. The lowest BCUT2D eigenvalue weighted by molar-refractivity contribution is 0.383. The van der Waals surface area contributed by atoms with Gasteiger partial charge in [0.2, 0.25) is 0 Å². The molecule has 120 valence electrons. The lowest BCUT2D eigenvalue weighted by Crippen LogP contribution is -2.19. The summed E-state index contributed by atoms with van der Waals surface area (Å²) in [5.74, 6) is 1.92. The second-order valence-corrected chi connectivity index (χ2v) is 5.85. The van der Waals surface area contributed by atoms with E-state index < -0.39 is 0 Å². The monoisotopic (exact) mass is 310 g/mol. The summed E-state index contributed by atoms with van der Waals surface area (Å²) in [5.41, 5.74) is 3.12. The minimum Gasteiger partial charge on any atom is -0.497 e. The molecule has 0 aliphatic heterocycles. The Bertz CT molecular complexity index is 777. The molecule has 0 aliphatic rings. The predicted octanol–water partition coefficient (Wildman–Crippen LogP) is 2.59. The molecule has 0 saturated heterocycles. The fourth-order valence-corrected chi connectivity index (χ4v) is 2.60. The number of methoxy groups -OCH3 is 1. The van der Waals surface area contributed by atoms with E-state index in [4.69, 9.17) is 9.72 Å². The number of hydrogen-bond acceptors (Lipinski definition) is 4. The van der Waals surface area contributed by atoms with Crippen LogP contribution >= 0.6 is 0 Å². The Kier molecular flexibility index (Phi) is 4.57. The maximum atomic E-state index is 5.22. The molecule has 2 aromatic heterocycles. The summed E-state index contributed by atoms with van der Waals surface area (Å²) in [7, 11) is 5.84. The highest BCUT2D eigenvalue weighted by atomic mass is 16.5. The van der Waals surface area contributed by atoms with Crippen molar-refractivity contribution in [1.82, 2.24) is 19.4 Å². The molecule has 0 unspecified atom stereocenters. The van der Waals surface area contributed by atoms with E-state index >= 15 is 0 Å². The van der Waals surface area contributed by atoms with E-state index in [1.165, 1.54) is 5.56 Å². The molecule has 5 nitrogen and oxygen atoms in total. The van der Waals surface area contributed by atoms with E-state index in [2.05, 4.69) is 40.7 Å². The zero-order valence-corrected chi connectivity index (χ0v) is 13.9. The first-order valence-electron chi connectivity index (χ1n) is 7.75. The van der Waals surface area contributed by atoms with Crippen LogP contribution in [0.2, 0.25) is 0 Å². The minimum absolute atomic E-state index is 0.785. The van der Waals surface area contributed by atoms with Crippen molar-refractivity contribution in [2.24, 2.45) is 0 Å². The molecule has 0 atom stereocenters. The molecule has 0 fully saturated rings. The average molecular weight is 310 g/mol. The van der Waals surface area contributed by atoms with E-state index in [0.29, 0.717) is 0 Å². The van der Waals surface area contributed by atoms with Gasteiger partial charge in [-0.15, -0.1) is 0 Å². The number of aromatic nitrogens is 3. The quantitative estimate of drug-likeness (QED) is 0.702. The highest BCUT2D eigenvalue weighted by Crippen LogP contribution is 2.18. The van der Waals surface area contributed by atoms with Crippen molar-refractivity contribution in [3.05, 3.63) is 54.0 Å². The highest BCUT2D eigenvalue weighted by molar-refractivity contribution is 5.71. The maximum absolute atomic E-state index is 5.22. The van der Waals surface area contributed by atoms with Crippen LogP contribution in [0.15, 0.2) is 42.6 Å². The van der Waals surface area contributed by atoms with Crippen LogP contribution in [0.1, 0.15) is 11.4 Å². The number of benzene rings is 1. The van der Waals surface area contributed by atoms with Crippen LogP contribution in [0.5, 0.6) is 5.75 Å². The Balaban J connectivity index is 1.92. The van der Waals surface area contributed by atoms with Crippen molar-refractivity contribution >= 4 is 11.2 Å². The topological polar surface area (TPSA) is 43.2 Å². The molecule has 23 heavy (non-hydrogen) atoms. The molecule has 0 bridgehead atoms. The summed E-state index contributed by atoms with van der Waals surface area (Å²) in [5, 5.41) is 0. The van der Waals surface area contributed by atoms with Gasteiger partial charge in [0.25, 0.3) is 0 Å². The van der Waals surface area contributed by atoms with Crippen LogP contribution in [-0.4, -0.2) is 47.2 Å². The average Bonchev–Trinajstić information content (AvgIpc) is 2.90. The number of imidazole rings is 1. The van der Waals surface area contributed by atoms with Crippen LogP contribution in [0.4, 0.5) is 0 Å². The molecule has 0 aliphatic carbocycles. The highest BCUT2D eigenvalue weighted by Gasteiger charge is 2.12. The summed E-state index contributed by atoms with van der Waals surface area (Å²) < 4.78 is 7.44. The zero-order valence-electron chi connectivity index (χ0n) is 13.9. The third-order valence-corrected chi connectivity index (χ3v) is 3.87. The van der Waals surface area contributed by atoms with Gasteiger partial charge in [0.05, 0.1) is 7.11 Å². The first kappa shape index (κ1) is 15.5. The molecule has 5 heteroatoms. The largest absolute Gasteiger partial charge is 0.497 e. The molecule has 0 spiro atoms. The summed E-state index contributed by atoms with van der Waals surface area (Å²) in [6.45, 7) is 1.84. The van der Waals surface area contributed by atoms with E-state index in [9.17, 15) is 0 Å². The molecular formula is C18H22N4O. The third-order valence-electron chi connectivity index (χ3n) is 3.87. The fraction of sp³-hybridized carbons (Fsp3) is 0.333. The molecule has 1 aromatic carbocycles. The number of likely N-dealkylation sites (N-methyl/N-ethyl adjacent to an activating group) is 1. The molecule has 2 heterocycles. The smallest absolute Gasteiger partial charge is 0.160 e. The zero-order chi connectivity index (χ0) is 16.2. The molecule has 3 rings (SSSR count). The van der Waals surface area contributed by atoms with Crippen molar-refractivity contribution in [3.8, 4) is 5.75 Å². The molecule has 3 aromatic rings. The van der Waals surface area contributed by atoms with Gasteiger partial charge in [0.15, 0.2) is 5.65 Å². The van der Waals surface area contributed by atoms with E-state index in [1.807, 2.05) is 30.5 Å². The summed E-state index contributed by atoms with van der Waals surface area (Å²) in [4.78, 5) is 11.5. The van der Waals surface area contributed by atoms with Gasteiger partial charge in [0.1, 0.15) is 17.1 Å². The number of pyridine rings is 1. The fourth-order valence-electron chi connectivity index (χ4n) is 2.60. The van der Waals surface area contributed by atoms with Crippen molar-refractivity contribution in [3.63, 3.8) is 0 Å². The van der Waals surface area contributed by atoms with Crippen LogP contribution in [0.25, 0.3) is 11.2 Å². The van der Waals surface area contributed by atoms with Gasteiger partial charge in [-0.3, -0.25) is 0 Å². The molecular weight excluding hydrogens is 288 g/mol. The van der Waals surface area contributed by atoms with Crippen molar-refractivity contribution in [1.29, 1.82) is 0 Å². The molecule has 0 saturated carbocycles. The van der Waals surface area contributed by atoms with Crippen molar-refractivity contribution in [2.45, 2.75) is 13.0 Å². The molecule has 0 amide bonds. The Hall–Kier alpha value is -2.40. The van der Waals surface area contributed by atoms with Gasteiger partial charge < -0.3 is 14.2 Å². The normalized spacial score (nSPS) is 11.3.